The predicted molar refractivity (Wildman–Crippen MR) is 83.7 cm³/mol. The molecule has 2 aliphatic rings. The smallest absolute Gasteiger partial charge is 0.235 e. The molecule has 0 bridgehead atoms. The Hall–Kier alpha value is -2.15. The maximum atomic E-state index is 11.8. The minimum atomic E-state index is -0.0298. The summed E-state index contributed by atoms with van der Waals surface area (Å²) in [7, 11) is 0. The number of thioether (sulfide) groups is 1. The van der Waals surface area contributed by atoms with Crippen molar-refractivity contribution in [2.75, 3.05) is 24.3 Å². The van der Waals surface area contributed by atoms with Gasteiger partial charge in [0, 0.05) is 11.3 Å². The first-order valence-electron chi connectivity index (χ1n) is 7.08. The molecule has 6 nitrogen and oxygen atoms in total. The van der Waals surface area contributed by atoms with Crippen LogP contribution < -0.4 is 14.8 Å². The van der Waals surface area contributed by atoms with Gasteiger partial charge in [0.05, 0.1) is 11.0 Å². The summed E-state index contributed by atoms with van der Waals surface area (Å²) in [6.07, 6.45) is 0. The molecule has 1 amide bonds. The number of ether oxygens (including phenoxy) is 2. The van der Waals surface area contributed by atoms with E-state index in [9.17, 15) is 4.79 Å². The minimum Gasteiger partial charge on any atom is -0.486 e. The van der Waals surface area contributed by atoms with E-state index in [1.807, 2.05) is 25.1 Å². The molecular weight excluding hydrogens is 302 g/mol. The van der Waals surface area contributed by atoms with E-state index in [1.54, 1.807) is 11.8 Å². The van der Waals surface area contributed by atoms with Crippen LogP contribution in [0, 0.1) is 6.92 Å². The van der Waals surface area contributed by atoms with Crippen LogP contribution in [0.1, 0.15) is 22.1 Å². The molecule has 0 saturated carbocycles. The van der Waals surface area contributed by atoms with Gasteiger partial charge in [-0.2, -0.15) is 5.10 Å². The van der Waals surface area contributed by atoms with Gasteiger partial charge in [0.15, 0.2) is 17.3 Å². The molecule has 2 aromatic rings. The van der Waals surface area contributed by atoms with Gasteiger partial charge in [-0.05, 0) is 24.6 Å². The van der Waals surface area contributed by atoms with Crippen molar-refractivity contribution in [3.63, 3.8) is 0 Å². The normalized spacial score (nSPS) is 20.0. The zero-order chi connectivity index (χ0) is 15.1. The second-order valence-electron chi connectivity index (χ2n) is 5.25. The van der Waals surface area contributed by atoms with Gasteiger partial charge >= 0.3 is 0 Å². The number of nitrogens with one attached hydrogen (secondary N) is 2. The Morgan fingerprint density at radius 2 is 2.09 bits per heavy atom. The number of carbonyl (C=O) groups excluding carboxylic acids is 1. The molecule has 114 valence electrons. The number of benzene rings is 1. The molecule has 2 aliphatic heterocycles. The second kappa shape index (κ2) is 5.24. The number of amides is 1. The van der Waals surface area contributed by atoms with Crippen LogP contribution in [0.15, 0.2) is 18.2 Å². The Morgan fingerprint density at radius 3 is 2.95 bits per heavy atom. The lowest BCUT2D eigenvalue weighted by molar-refractivity contribution is -0.113. The van der Waals surface area contributed by atoms with Crippen molar-refractivity contribution in [1.82, 2.24) is 10.2 Å². The van der Waals surface area contributed by atoms with Crippen LogP contribution in [0.2, 0.25) is 0 Å². The van der Waals surface area contributed by atoms with E-state index in [-0.39, 0.29) is 11.2 Å². The predicted octanol–water partition coefficient (Wildman–Crippen LogP) is 2.26. The Kier molecular flexibility index (Phi) is 3.22. The molecular formula is C15H15N3O3S. The van der Waals surface area contributed by atoms with Crippen LogP contribution in [0.5, 0.6) is 11.5 Å². The van der Waals surface area contributed by atoms with Gasteiger partial charge in [-0.25, -0.2) is 0 Å². The largest absolute Gasteiger partial charge is 0.486 e. The van der Waals surface area contributed by atoms with Crippen molar-refractivity contribution >= 4 is 23.5 Å². The third kappa shape index (κ3) is 2.21. The van der Waals surface area contributed by atoms with Crippen molar-refractivity contribution in [2.24, 2.45) is 0 Å². The number of aromatic amines is 1. The molecule has 3 heterocycles. The van der Waals surface area contributed by atoms with E-state index in [2.05, 4.69) is 15.5 Å². The SMILES string of the molecule is Cc1[nH]nc2c1[C@@H](c1ccc3c(c1)OCCO3)SCC(=O)N2. The number of anilines is 1. The summed E-state index contributed by atoms with van der Waals surface area (Å²) in [6.45, 7) is 3.10. The lowest BCUT2D eigenvalue weighted by Crippen LogP contribution is -2.15. The van der Waals surface area contributed by atoms with Gasteiger partial charge in [-0.15, -0.1) is 11.8 Å². The van der Waals surface area contributed by atoms with Crippen LogP contribution >= 0.6 is 11.8 Å². The average molecular weight is 317 g/mol. The van der Waals surface area contributed by atoms with E-state index in [0.29, 0.717) is 24.8 Å². The summed E-state index contributed by atoms with van der Waals surface area (Å²) in [5, 5.41) is 10.0. The number of carbonyl (C=O) groups is 1. The number of rotatable bonds is 1. The summed E-state index contributed by atoms with van der Waals surface area (Å²) in [4.78, 5) is 11.8. The van der Waals surface area contributed by atoms with Crippen molar-refractivity contribution < 1.29 is 14.3 Å². The van der Waals surface area contributed by atoms with Crippen molar-refractivity contribution in [1.29, 1.82) is 0 Å². The quantitative estimate of drug-likeness (QED) is 0.844. The first kappa shape index (κ1) is 13.5. The fourth-order valence-electron chi connectivity index (χ4n) is 2.75. The minimum absolute atomic E-state index is 0.0298. The highest BCUT2D eigenvalue weighted by Gasteiger charge is 2.29. The van der Waals surface area contributed by atoms with Gasteiger partial charge in [0.1, 0.15) is 13.2 Å². The van der Waals surface area contributed by atoms with Crippen LogP contribution in [-0.2, 0) is 4.79 Å². The number of H-pyrrole nitrogens is 1. The Bertz CT molecular complexity index is 744. The molecule has 1 aromatic heterocycles. The molecule has 0 fully saturated rings. The fourth-order valence-corrected chi connectivity index (χ4v) is 3.93. The number of fused-ring (bicyclic) bond motifs is 2. The molecule has 0 saturated heterocycles. The number of aryl methyl sites for hydroxylation is 1. The molecule has 4 rings (SSSR count). The van der Waals surface area contributed by atoms with Crippen LogP contribution in [0.3, 0.4) is 0 Å². The van der Waals surface area contributed by atoms with Crippen LogP contribution in [0.4, 0.5) is 5.82 Å². The molecule has 1 aromatic carbocycles. The van der Waals surface area contributed by atoms with Gasteiger partial charge in [-0.3, -0.25) is 9.89 Å². The van der Waals surface area contributed by atoms with Gasteiger partial charge in [-0.1, -0.05) is 6.07 Å². The first-order valence-corrected chi connectivity index (χ1v) is 8.13. The molecule has 1 atom stereocenters. The number of hydrogen-bond donors (Lipinski definition) is 2. The summed E-state index contributed by atoms with van der Waals surface area (Å²) in [5.74, 6) is 2.52. The summed E-state index contributed by atoms with van der Waals surface area (Å²) in [5.41, 5.74) is 3.06. The Morgan fingerprint density at radius 1 is 1.27 bits per heavy atom. The van der Waals surface area contributed by atoms with E-state index in [4.69, 9.17) is 9.47 Å². The lowest BCUT2D eigenvalue weighted by Gasteiger charge is -2.21. The Balaban J connectivity index is 1.78. The fraction of sp³-hybridized carbons (Fsp3) is 0.333. The monoisotopic (exact) mass is 317 g/mol. The maximum Gasteiger partial charge on any atom is 0.235 e. The summed E-state index contributed by atoms with van der Waals surface area (Å²) in [6, 6.07) is 5.95. The molecule has 0 aliphatic carbocycles. The van der Waals surface area contributed by atoms with Gasteiger partial charge in [0.25, 0.3) is 0 Å². The lowest BCUT2D eigenvalue weighted by atomic mass is 10.0. The molecule has 22 heavy (non-hydrogen) atoms. The van der Waals surface area contributed by atoms with Crippen molar-refractivity contribution in [2.45, 2.75) is 12.2 Å². The highest BCUT2D eigenvalue weighted by Crippen LogP contribution is 2.44. The van der Waals surface area contributed by atoms with E-state index < -0.39 is 0 Å². The van der Waals surface area contributed by atoms with Crippen molar-refractivity contribution in [3.8, 4) is 11.5 Å². The topological polar surface area (TPSA) is 76.2 Å². The van der Waals surface area contributed by atoms with E-state index in [1.165, 1.54) is 0 Å². The first-order chi connectivity index (χ1) is 10.7. The van der Waals surface area contributed by atoms with Gasteiger partial charge in [0.2, 0.25) is 5.91 Å². The highest BCUT2D eigenvalue weighted by molar-refractivity contribution is 8.00. The van der Waals surface area contributed by atoms with Crippen molar-refractivity contribution in [3.05, 3.63) is 35.0 Å². The second-order valence-corrected chi connectivity index (χ2v) is 6.35. The number of hydrogen-bond acceptors (Lipinski definition) is 5. The number of nitrogens with zero attached hydrogens (tertiary/aromatic N) is 1. The summed E-state index contributed by atoms with van der Waals surface area (Å²) < 4.78 is 11.2. The van der Waals surface area contributed by atoms with Crippen LogP contribution in [0.25, 0.3) is 0 Å². The van der Waals surface area contributed by atoms with Crippen LogP contribution in [-0.4, -0.2) is 35.1 Å². The Labute approximate surface area is 131 Å². The molecule has 0 unspecified atom stereocenters. The van der Waals surface area contributed by atoms with E-state index in [0.717, 1.165) is 28.3 Å². The standard InChI is InChI=1S/C15H15N3O3S/c1-8-13-14(22-7-12(19)16-15(13)18-17-8)9-2-3-10-11(6-9)21-5-4-20-10/h2-3,6,14H,4-5,7H2,1H3,(H2,16,17,18,19)/t14-/m1/s1. The third-order valence-electron chi connectivity index (χ3n) is 3.76. The molecule has 0 radical (unpaired) electrons. The van der Waals surface area contributed by atoms with Gasteiger partial charge < -0.3 is 14.8 Å². The average Bonchev–Trinajstić information content (AvgIpc) is 2.79. The molecule has 7 heteroatoms. The van der Waals surface area contributed by atoms with E-state index >= 15 is 0 Å². The maximum absolute atomic E-state index is 11.8. The molecule has 0 spiro atoms. The zero-order valence-electron chi connectivity index (χ0n) is 12.0. The third-order valence-corrected chi connectivity index (χ3v) is 5.03. The molecule has 2 N–H and O–H groups in total. The zero-order valence-corrected chi connectivity index (χ0v) is 12.8. The summed E-state index contributed by atoms with van der Waals surface area (Å²) >= 11 is 1.59. The number of aromatic nitrogens is 2. The highest BCUT2D eigenvalue weighted by atomic mass is 32.2.